The molecule has 4 aromatic carbocycles. The van der Waals surface area contributed by atoms with Crippen molar-refractivity contribution < 1.29 is 23.8 Å². The maximum absolute atomic E-state index is 13.3. The van der Waals surface area contributed by atoms with Crippen LogP contribution in [-0.4, -0.2) is 114 Å². The van der Waals surface area contributed by atoms with Gasteiger partial charge in [-0.3, -0.25) is 29.2 Å². The van der Waals surface area contributed by atoms with Crippen molar-refractivity contribution in [3.63, 3.8) is 0 Å². The fourth-order valence-electron chi connectivity index (χ4n) is 9.91. The van der Waals surface area contributed by atoms with Gasteiger partial charge in [0.2, 0.25) is 11.8 Å². The van der Waals surface area contributed by atoms with E-state index >= 15 is 0 Å². The molecule has 2 aromatic heterocycles. The Balaban J connectivity index is 0.654. The van der Waals surface area contributed by atoms with Gasteiger partial charge in [-0.2, -0.15) is 0 Å². The number of aryl methyl sites for hydroxylation is 2. The number of thiophene rings is 2. The first-order valence-corrected chi connectivity index (χ1v) is 25.4. The molecule has 2 fully saturated rings. The van der Waals surface area contributed by atoms with Crippen LogP contribution >= 0.6 is 22.7 Å². The van der Waals surface area contributed by atoms with Crippen LogP contribution in [0.1, 0.15) is 49.7 Å². The molecule has 0 bridgehead atoms. The van der Waals surface area contributed by atoms with Crippen LogP contribution in [0.25, 0.3) is 20.2 Å². The Labute approximate surface area is 390 Å². The summed E-state index contributed by atoms with van der Waals surface area (Å²) in [5.41, 5.74) is 6.56. The van der Waals surface area contributed by atoms with Crippen molar-refractivity contribution in [1.82, 2.24) is 9.80 Å². The van der Waals surface area contributed by atoms with E-state index in [0.29, 0.717) is 38.9 Å². The summed E-state index contributed by atoms with van der Waals surface area (Å²) in [4.78, 5) is 40.2. The first-order valence-electron chi connectivity index (χ1n) is 23.6. The highest BCUT2D eigenvalue weighted by Crippen LogP contribution is 2.35. The molecule has 0 saturated carbocycles. The lowest BCUT2D eigenvalue weighted by atomic mass is 10.0. The summed E-state index contributed by atoms with van der Waals surface area (Å²) in [6.07, 6.45) is 6.28. The van der Waals surface area contributed by atoms with E-state index in [2.05, 4.69) is 91.0 Å². The van der Waals surface area contributed by atoms with Gasteiger partial charge in [-0.25, -0.2) is 0 Å². The maximum atomic E-state index is 13.3. The number of nitrogens with zero attached hydrogens (tertiary/aromatic N) is 6. The first kappa shape index (κ1) is 43.7. The van der Waals surface area contributed by atoms with Crippen LogP contribution in [0.2, 0.25) is 0 Å². The number of piperazine rings is 2. The zero-order valence-corrected chi connectivity index (χ0v) is 39.0. The third kappa shape index (κ3) is 10.1. The number of anilines is 4. The van der Waals surface area contributed by atoms with Crippen molar-refractivity contribution in [3.8, 4) is 11.5 Å². The molecule has 6 aromatic rings. The zero-order valence-electron chi connectivity index (χ0n) is 37.3. The lowest BCUT2D eigenvalue weighted by molar-refractivity contribution is -0.120. The standard InChI is InChI=1S/C52H60N6O5S2/c59-51-17-13-39-11-15-41(62-31-3-1-21-53-23-27-55(28-24-53)45-7-5-9-49-43(45)19-33-64-49)35-47(39)57(51)37-61-38-58-48-36-42(16-12-40(48)14-18-52(58)60)63-32-4-2-22-54-25-29-56(30-26-54)46-8-6-10-50-44(46)20-34-65-50/h5-12,15-16,19-20,33-36H,1-4,13-14,17-18,21-32,37-38H2. The Kier molecular flexibility index (Phi) is 13.8. The summed E-state index contributed by atoms with van der Waals surface area (Å²) in [5.74, 6) is 1.54. The summed E-state index contributed by atoms with van der Waals surface area (Å²) in [5, 5.41) is 7.11. The fraction of sp³-hybridized carbons (Fsp3) is 0.423. The predicted molar refractivity (Wildman–Crippen MR) is 266 cm³/mol. The third-order valence-electron chi connectivity index (χ3n) is 13.6. The molecule has 0 N–H and O–H groups in total. The highest BCUT2D eigenvalue weighted by Gasteiger charge is 2.28. The summed E-state index contributed by atoms with van der Waals surface area (Å²) in [6, 6.07) is 29.9. The average molecular weight is 913 g/mol. The van der Waals surface area contributed by atoms with Crippen molar-refractivity contribution in [3.05, 3.63) is 107 Å². The van der Waals surface area contributed by atoms with Gasteiger partial charge in [-0.05, 0) is 122 Å². The van der Waals surface area contributed by atoms with Gasteiger partial charge in [-0.15, -0.1) is 22.7 Å². The number of amides is 2. The SMILES string of the molecule is O=C1CCc2ccc(OCCCCN3CCN(c4cccc5sccc45)CC3)cc2N1COCN1C(=O)CCc2ccc(OCCCCN3CCN(c4cccc5sccc45)CC3)cc21. The van der Waals surface area contributed by atoms with Crippen LogP contribution in [0.15, 0.2) is 95.7 Å². The van der Waals surface area contributed by atoms with E-state index in [1.807, 2.05) is 46.9 Å². The van der Waals surface area contributed by atoms with Gasteiger partial charge in [0.05, 0.1) is 24.6 Å². The molecule has 11 nitrogen and oxygen atoms in total. The molecular weight excluding hydrogens is 853 g/mol. The van der Waals surface area contributed by atoms with Crippen LogP contribution in [-0.2, 0) is 27.2 Å². The number of hydrogen-bond donors (Lipinski definition) is 0. The average Bonchev–Trinajstić information content (AvgIpc) is 4.04. The molecule has 4 aliphatic rings. The maximum Gasteiger partial charge on any atom is 0.229 e. The molecule has 6 heterocycles. The van der Waals surface area contributed by atoms with Crippen LogP contribution in [0.3, 0.4) is 0 Å². The summed E-state index contributed by atoms with van der Waals surface area (Å²) in [6.45, 7) is 12.0. The molecule has 340 valence electrons. The van der Waals surface area contributed by atoms with Crippen LogP contribution in [0.5, 0.6) is 11.5 Å². The molecule has 0 atom stereocenters. The minimum Gasteiger partial charge on any atom is -0.494 e. The van der Waals surface area contributed by atoms with Gasteiger partial charge in [0.25, 0.3) is 0 Å². The smallest absolute Gasteiger partial charge is 0.229 e. The second kappa shape index (κ2) is 20.6. The molecule has 0 aliphatic carbocycles. The van der Waals surface area contributed by atoms with Crippen LogP contribution in [0, 0.1) is 0 Å². The molecule has 4 aliphatic heterocycles. The second-order valence-electron chi connectivity index (χ2n) is 17.7. The minimum atomic E-state index is 0.0111. The number of ether oxygens (including phenoxy) is 3. The van der Waals surface area contributed by atoms with E-state index < -0.39 is 0 Å². The Morgan fingerprint density at radius 1 is 0.477 bits per heavy atom. The molecule has 0 spiro atoms. The number of hydrogen-bond acceptors (Lipinski definition) is 11. The topological polar surface area (TPSA) is 81.3 Å². The number of rotatable bonds is 18. The molecule has 2 saturated heterocycles. The Morgan fingerprint density at radius 2 is 0.938 bits per heavy atom. The molecule has 65 heavy (non-hydrogen) atoms. The monoisotopic (exact) mass is 912 g/mol. The van der Waals surface area contributed by atoms with Gasteiger partial charge in [0.1, 0.15) is 25.0 Å². The largest absolute Gasteiger partial charge is 0.494 e. The fourth-order valence-corrected chi connectivity index (χ4v) is 11.5. The van der Waals surface area contributed by atoms with Crippen LogP contribution in [0.4, 0.5) is 22.7 Å². The normalized spacial score (nSPS) is 17.3. The second-order valence-corrected chi connectivity index (χ2v) is 19.6. The van der Waals surface area contributed by atoms with Gasteiger partial charge in [-0.1, -0.05) is 24.3 Å². The molecule has 13 heteroatoms. The lowest BCUT2D eigenvalue weighted by Gasteiger charge is -2.36. The Bertz CT molecular complexity index is 2400. The third-order valence-corrected chi connectivity index (χ3v) is 15.4. The molecule has 0 unspecified atom stereocenters. The number of fused-ring (bicyclic) bond motifs is 4. The van der Waals surface area contributed by atoms with Crippen molar-refractivity contribution >= 4 is 77.4 Å². The quantitative estimate of drug-likeness (QED) is 0.0785. The number of unbranched alkanes of at least 4 members (excludes halogenated alkanes) is 2. The summed E-state index contributed by atoms with van der Waals surface area (Å²) < 4.78 is 21.4. The highest BCUT2D eigenvalue weighted by atomic mass is 32.1. The zero-order chi connectivity index (χ0) is 44.0. The van der Waals surface area contributed by atoms with E-state index in [1.165, 1.54) is 31.5 Å². The van der Waals surface area contributed by atoms with E-state index in [-0.39, 0.29) is 25.3 Å². The van der Waals surface area contributed by atoms with Crippen molar-refractivity contribution in [2.45, 2.75) is 51.4 Å². The van der Waals surface area contributed by atoms with Crippen molar-refractivity contribution in [2.75, 3.05) is 112 Å². The molecular formula is C52H60N6O5S2. The minimum absolute atomic E-state index is 0.0111. The van der Waals surface area contributed by atoms with Gasteiger partial charge in [0, 0.05) is 109 Å². The van der Waals surface area contributed by atoms with E-state index in [0.717, 1.165) is 125 Å². The molecule has 0 radical (unpaired) electrons. The van der Waals surface area contributed by atoms with Crippen molar-refractivity contribution in [1.29, 1.82) is 0 Å². The molecule has 10 rings (SSSR count). The Hall–Kier alpha value is -5.18. The van der Waals surface area contributed by atoms with Crippen molar-refractivity contribution in [2.24, 2.45) is 0 Å². The lowest BCUT2D eigenvalue weighted by Crippen LogP contribution is -2.46. The van der Waals surface area contributed by atoms with Crippen LogP contribution < -0.4 is 29.1 Å². The van der Waals surface area contributed by atoms with E-state index in [1.54, 1.807) is 9.80 Å². The number of benzene rings is 4. The van der Waals surface area contributed by atoms with E-state index in [9.17, 15) is 9.59 Å². The van der Waals surface area contributed by atoms with Gasteiger partial charge in [0.15, 0.2) is 0 Å². The number of carbonyl (C=O) groups excluding carboxylic acids is 2. The predicted octanol–water partition coefficient (Wildman–Crippen LogP) is 9.27. The van der Waals surface area contributed by atoms with E-state index in [4.69, 9.17) is 14.2 Å². The first-order chi connectivity index (χ1) is 32.0. The van der Waals surface area contributed by atoms with Gasteiger partial charge >= 0.3 is 0 Å². The molecule has 2 amide bonds. The summed E-state index contributed by atoms with van der Waals surface area (Å²) >= 11 is 3.62. The van der Waals surface area contributed by atoms with Gasteiger partial charge < -0.3 is 24.0 Å². The summed E-state index contributed by atoms with van der Waals surface area (Å²) in [7, 11) is 0. The number of carbonyl (C=O) groups is 2. The highest BCUT2D eigenvalue weighted by molar-refractivity contribution is 7.17. The Morgan fingerprint density at radius 3 is 1.40 bits per heavy atom.